The molecule has 1 aliphatic heterocycles. The highest BCUT2D eigenvalue weighted by molar-refractivity contribution is 6.31. The third-order valence-electron chi connectivity index (χ3n) is 7.07. The Morgan fingerprint density at radius 2 is 1.88 bits per heavy atom. The molecule has 2 atom stereocenters. The molecule has 1 amide bonds. The van der Waals surface area contributed by atoms with Crippen LogP contribution in [-0.2, 0) is 11.2 Å². The van der Waals surface area contributed by atoms with E-state index < -0.39 is 0 Å². The smallest absolute Gasteiger partial charge is 0.227 e. The van der Waals surface area contributed by atoms with Crippen LogP contribution in [0.4, 0.5) is 11.6 Å². The number of nitrogens with zero attached hydrogens (tertiary/aromatic N) is 3. The molecule has 0 bridgehead atoms. The molecule has 2 aliphatic rings. The standard InChI is InChI=1S/C25H32ClN5O2/c1-31-11-9-16(10-12-31)13-23(32)17-5-7-19(8-6-17)29-25-28-15-21(26)22(30-25)14-18-3-2-4-20(18)24(27)33/h5-8,15-16,18,20H,2-4,9-14H2,1H3,(H2,27,33)(H,28,29,30)/t18-,20-/m0/s1. The Kier molecular flexibility index (Phi) is 7.60. The summed E-state index contributed by atoms with van der Waals surface area (Å²) in [5.74, 6) is 0.910. The van der Waals surface area contributed by atoms with Gasteiger partial charge < -0.3 is 16.0 Å². The van der Waals surface area contributed by atoms with E-state index in [2.05, 4.69) is 27.2 Å². The number of nitrogens with one attached hydrogen (secondary N) is 1. The summed E-state index contributed by atoms with van der Waals surface area (Å²) < 4.78 is 0. The maximum atomic E-state index is 12.7. The Hall–Kier alpha value is -2.51. The van der Waals surface area contributed by atoms with Gasteiger partial charge in [0.2, 0.25) is 11.9 Å². The first kappa shape index (κ1) is 23.6. The number of Topliss-reactive ketones (excluding diaryl/α,β-unsaturated/α-hetero) is 1. The number of halogens is 1. The summed E-state index contributed by atoms with van der Waals surface area (Å²) in [4.78, 5) is 35.6. The number of amides is 1. The third kappa shape index (κ3) is 6.09. The summed E-state index contributed by atoms with van der Waals surface area (Å²) >= 11 is 6.34. The molecular formula is C25H32ClN5O2. The van der Waals surface area contributed by atoms with E-state index in [0.29, 0.717) is 29.7 Å². The van der Waals surface area contributed by atoms with E-state index >= 15 is 0 Å². The van der Waals surface area contributed by atoms with Crippen LogP contribution < -0.4 is 11.1 Å². The number of primary amides is 1. The van der Waals surface area contributed by atoms with Crippen molar-refractivity contribution in [3.05, 3.63) is 46.7 Å². The van der Waals surface area contributed by atoms with E-state index in [0.717, 1.165) is 62.1 Å². The quantitative estimate of drug-likeness (QED) is 0.561. The second-order valence-electron chi connectivity index (χ2n) is 9.47. The normalized spacial score (nSPS) is 21.8. The van der Waals surface area contributed by atoms with Crippen LogP contribution in [0.15, 0.2) is 30.5 Å². The van der Waals surface area contributed by atoms with Crippen molar-refractivity contribution < 1.29 is 9.59 Å². The molecule has 2 heterocycles. The van der Waals surface area contributed by atoms with E-state index in [-0.39, 0.29) is 23.5 Å². The zero-order chi connectivity index (χ0) is 23.4. The van der Waals surface area contributed by atoms with Gasteiger partial charge in [-0.25, -0.2) is 9.97 Å². The molecule has 2 aromatic rings. The van der Waals surface area contributed by atoms with E-state index in [9.17, 15) is 9.59 Å². The number of likely N-dealkylation sites (tertiary alicyclic amines) is 1. The highest BCUT2D eigenvalue weighted by Crippen LogP contribution is 2.35. The number of ketones is 1. The SMILES string of the molecule is CN1CCC(CC(=O)c2ccc(Nc3ncc(Cl)c(C[C@@H]4CCC[C@@H]4C(N)=O)n3)cc2)CC1. The van der Waals surface area contributed by atoms with Gasteiger partial charge in [-0.05, 0) is 88.3 Å². The van der Waals surface area contributed by atoms with Gasteiger partial charge in [0.15, 0.2) is 5.78 Å². The fourth-order valence-corrected chi connectivity index (χ4v) is 5.19. The summed E-state index contributed by atoms with van der Waals surface area (Å²) in [7, 11) is 2.13. The van der Waals surface area contributed by atoms with Crippen molar-refractivity contribution in [2.45, 2.75) is 44.9 Å². The van der Waals surface area contributed by atoms with Crippen molar-refractivity contribution in [3.63, 3.8) is 0 Å². The van der Waals surface area contributed by atoms with Gasteiger partial charge >= 0.3 is 0 Å². The van der Waals surface area contributed by atoms with Crippen LogP contribution in [0.25, 0.3) is 0 Å². The van der Waals surface area contributed by atoms with E-state index in [1.807, 2.05) is 24.3 Å². The summed E-state index contributed by atoms with van der Waals surface area (Å²) in [6.45, 7) is 2.13. The summed E-state index contributed by atoms with van der Waals surface area (Å²) in [6, 6.07) is 7.46. The number of carbonyl (C=O) groups is 2. The van der Waals surface area contributed by atoms with Gasteiger partial charge in [0.1, 0.15) is 0 Å². The van der Waals surface area contributed by atoms with Crippen LogP contribution in [0.3, 0.4) is 0 Å². The fourth-order valence-electron chi connectivity index (χ4n) is 5.02. The Labute approximate surface area is 200 Å². The minimum absolute atomic E-state index is 0.118. The van der Waals surface area contributed by atoms with E-state index in [1.165, 1.54) is 0 Å². The molecule has 2 fully saturated rings. The molecule has 7 nitrogen and oxygen atoms in total. The molecule has 0 unspecified atom stereocenters. The average Bonchev–Trinajstić information content (AvgIpc) is 3.27. The zero-order valence-electron chi connectivity index (χ0n) is 19.1. The number of anilines is 2. The first-order chi connectivity index (χ1) is 15.9. The van der Waals surface area contributed by atoms with Crippen LogP contribution in [0, 0.1) is 17.8 Å². The maximum absolute atomic E-state index is 12.7. The number of piperidine rings is 1. The number of carbonyl (C=O) groups excluding carboxylic acids is 2. The van der Waals surface area contributed by atoms with Gasteiger partial charge in [-0.15, -0.1) is 0 Å². The number of hydrogen-bond acceptors (Lipinski definition) is 6. The highest BCUT2D eigenvalue weighted by atomic mass is 35.5. The number of nitrogens with two attached hydrogens (primary N) is 1. The molecule has 4 rings (SSSR count). The minimum atomic E-state index is -0.244. The zero-order valence-corrected chi connectivity index (χ0v) is 19.9. The summed E-state index contributed by atoms with van der Waals surface area (Å²) in [5.41, 5.74) is 7.81. The lowest BCUT2D eigenvalue weighted by molar-refractivity contribution is -0.122. The topological polar surface area (TPSA) is 101 Å². The largest absolute Gasteiger partial charge is 0.369 e. The molecule has 1 aromatic heterocycles. The molecule has 8 heteroatoms. The van der Waals surface area contributed by atoms with Crippen LogP contribution >= 0.6 is 11.6 Å². The predicted molar refractivity (Wildman–Crippen MR) is 130 cm³/mol. The lowest BCUT2D eigenvalue weighted by Gasteiger charge is -2.28. The average molecular weight is 470 g/mol. The number of rotatable bonds is 8. The predicted octanol–water partition coefficient (Wildman–Crippen LogP) is 4.23. The van der Waals surface area contributed by atoms with Crippen molar-refractivity contribution in [1.82, 2.24) is 14.9 Å². The summed E-state index contributed by atoms with van der Waals surface area (Å²) in [5, 5.41) is 3.68. The molecule has 176 valence electrons. The molecule has 0 spiro atoms. The second kappa shape index (κ2) is 10.6. The Bertz CT molecular complexity index is 989. The van der Waals surface area contributed by atoms with Crippen molar-refractivity contribution >= 4 is 34.9 Å². The first-order valence-corrected chi connectivity index (χ1v) is 12.2. The van der Waals surface area contributed by atoms with Gasteiger partial charge in [-0.1, -0.05) is 18.0 Å². The molecule has 1 saturated carbocycles. The molecule has 1 saturated heterocycles. The van der Waals surface area contributed by atoms with Gasteiger partial charge in [0.25, 0.3) is 0 Å². The highest BCUT2D eigenvalue weighted by Gasteiger charge is 2.32. The molecule has 0 radical (unpaired) electrons. The number of aromatic nitrogens is 2. The molecule has 1 aromatic carbocycles. The van der Waals surface area contributed by atoms with Crippen molar-refractivity contribution in [3.8, 4) is 0 Å². The Balaban J connectivity index is 1.37. The van der Waals surface area contributed by atoms with Gasteiger partial charge in [-0.3, -0.25) is 9.59 Å². The minimum Gasteiger partial charge on any atom is -0.369 e. The maximum Gasteiger partial charge on any atom is 0.227 e. The molecular weight excluding hydrogens is 438 g/mol. The fraction of sp³-hybridized carbons (Fsp3) is 0.520. The third-order valence-corrected chi connectivity index (χ3v) is 7.39. The van der Waals surface area contributed by atoms with Gasteiger partial charge in [0.05, 0.1) is 16.9 Å². The Morgan fingerprint density at radius 3 is 2.58 bits per heavy atom. The van der Waals surface area contributed by atoms with Crippen molar-refractivity contribution in [2.24, 2.45) is 23.5 Å². The number of hydrogen-bond donors (Lipinski definition) is 2. The van der Waals surface area contributed by atoms with Crippen LogP contribution in [0.1, 0.15) is 54.6 Å². The van der Waals surface area contributed by atoms with Crippen molar-refractivity contribution in [1.29, 1.82) is 0 Å². The van der Waals surface area contributed by atoms with E-state index in [4.69, 9.17) is 17.3 Å². The van der Waals surface area contributed by atoms with Crippen LogP contribution in [-0.4, -0.2) is 46.7 Å². The molecule has 3 N–H and O–H groups in total. The Morgan fingerprint density at radius 1 is 1.15 bits per heavy atom. The van der Waals surface area contributed by atoms with E-state index in [1.54, 1.807) is 6.20 Å². The van der Waals surface area contributed by atoms with Crippen molar-refractivity contribution in [2.75, 3.05) is 25.5 Å². The second-order valence-corrected chi connectivity index (χ2v) is 9.88. The van der Waals surface area contributed by atoms with Crippen LogP contribution in [0.5, 0.6) is 0 Å². The van der Waals surface area contributed by atoms with Gasteiger partial charge in [-0.2, -0.15) is 0 Å². The lowest BCUT2D eigenvalue weighted by Crippen LogP contribution is -2.31. The van der Waals surface area contributed by atoms with Crippen LogP contribution in [0.2, 0.25) is 5.02 Å². The summed E-state index contributed by atoms with van der Waals surface area (Å²) in [6.07, 6.45) is 7.74. The lowest BCUT2D eigenvalue weighted by atomic mass is 9.90. The monoisotopic (exact) mass is 469 g/mol. The molecule has 1 aliphatic carbocycles. The van der Waals surface area contributed by atoms with Gasteiger partial charge in [0, 0.05) is 23.6 Å². The number of benzene rings is 1. The first-order valence-electron chi connectivity index (χ1n) is 11.8. The molecule has 33 heavy (non-hydrogen) atoms.